The molecule has 0 radical (unpaired) electrons. The third-order valence-corrected chi connectivity index (χ3v) is 8.71. The van der Waals surface area contributed by atoms with Gasteiger partial charge in [-0.1, -0.05) is 72.3 Å². The van der Waals surface area contributed by atoms with Crippen molar-refractivity contribution in [3.05, 3.63) is 75.3 Å². The number of rotatable bonds is 6. The van der Waals surface area contributed by atoms with E-state index in [1.807, 2.05) is 42.5 Å². The van der Waals surface area contributed by atoms with Gasteiger partial charge in [-0.05, 0) is 86.3 Å². The molecule has 0 spiro atoms. The summed E-state index contributed by atoms with van der Waals surface area (Å²) < 4.78 is 0. The number of carbonyl (C=O) groups is 2. The summed E-state index contributed by atoms with van der Waals surface area (Å²) in [5.74, 6) is 0.188. The van der Waals surface area contributed by atoms with Crippen molar-refractivity contribution < 1.29 is 9.59 Å². The van der Waals surface area contributed by atoms with Crippen LogP contribution in [0.25, 0.3) is 0 Å². The van der Waals surface area contributed by atoms with Gasteiger partial charge in [-0.3, -0.25) is 9.59 Å². The van der Waals surface area contributed by atoms with Crippen molar-refractivity contribution in [3.8, 4) is 0 Å². The van der Waals surface area contributed by atoms with Crippen molar-refractivity contribution in [2.45, 2.75) is 82.1 Å². The number of anilines is 1. The van der Waals surface area contributed by atoms with Gasteiger partial charge in [0.15, 0.2) is 0 Å². The molecule has 4 nitrogen and oxygen atoms in total. The van der Waals surface area contributed by atoms with Crippen molar-refractivity contribution >= 4 is 40.7 Å². The molecule has 1 saturated carbocycles. The molecule has 2 aromatic rings. The maximum absolute atomic E-state index is 13.9. The lowest BCUT2D eigenvalue weighted by Gasteiger charge is -2.37. The zero-order chi connectivity index (χ0) is 25.1. The third-order valence-electron chi connectivity index (χ3n) is 8.24. The number of fused-ring (bicyclic) bond motifs is 1. The highest BCUT2D eigenvalue weighted by Crippen LogP contribution is 2.50. The SMILES string of the molecule is O=C(CC1=CCCCC(C2(Cc3cccc(Cl)c3)C(=O)Nc3cc(Cl)ccc32)C1)NC1CCCCC1. The summed E-state index contributed by atoms with van der Waals surface area (Å²) in [4.78, 5) is 26.8. The molecule has 2 aromatic carbocycles. The fraction of sp³-hybridized carbons (Fsp3) is 0.467. The normalized spacial score (nSPS) is 24.4. The van der Waals surface area contributed by atoms with E-state index in [9.17, 15) is 9.59 Å². The average molecular weight is 526 g/mol. The largest absolute Gasteiger partial charge is 0.353 e. The first-order chi connectivity index (χ1) is 17.4. The molecule has 5 rings (SSSR count). The van der Waals surface area contributed by atoms with Crippen LogP contribution in [0.15, 0.2) is 54.1 Å². The Bertz CT molecular complexity index is 1170. The van der Waals surface area contributed by atoms with E-state index in [0.717, 1.165) is 60.9 Å². The first-order valence-corrected chi connectivity index (χ1v) is 14.0. The monoisotopic (exact) mass is 524 g/mol. The molecule has 2 N–H and O–H groups in total. The molecule has 0 aromatic heterocycles. The lowest BCUT2D eigenvalue weighted by Crippen LogP contribution is -2.44. The van der Waals surface area contributed by atoms with Crippen LogP contribution in [0.4, 0.5) is 5.69 Å². The predicted octanol–water partition coefficient (Wildman–Crippen LogP) is 7.38. The van der Waals surface area contributed by atoms with Gasteiger partial charge in [-0.15, -0.1) is 0 Å². The van der Waals surface area contributed by atoms with Gasteiger partial charge >= 0.3 is 0 Å². The Labute approximate surface area is 223 Å². The van der Waals surface area contributed by atoms with Gasteiger partial charge in [-0.2, -0.15) is 0 Å². The van der Waals surface area contributed by atoms with Gasteiger partial charge in [0.05, 0.1) is 5.41 Å². The number of allylic oxidation sites excluding steroid dienone is 1. The summed E-state index contributed by atoms with van der Waals surface area (Å²) in [6.07, 6.45) is 12.6. The van der Waals surface area contributed by atoms with Crippen LogP contribution in [0.5, 0.6) is 0 Å². The molecule has 36 heavy (non-hydrogen) atoms. The lowest BCUT2D eigenvalue weighted by atomic mass is 9.64. The molecule has 0 bridgehead atoms. The smallest absolute Gasteiger partial charge is 0.235 e. The Morgan fingerprint density at radius 1 is 1.00 bits per heavy atom. The number of benzene rings is 2. The quantitative estimate of drug-likeness (QED) is 0.387. The van der Waals surface area contributed by atoms with E-state index in [4.69, 9.17) is 23.2 Å². The van der Waals surface area contributed by atoms with Crippen LogP contribution in [0, 0.1) is 5.92 Å². The van der Waals surface area contributed by atoms with Gasteiger partial charge in [0, 0.05) is 28.2 Å². The van der Waals surface area contributed by atoms with Crippen LogP contribution in [0.3, 0.4) is 0 Å². The van der Waals surface area contributed by atoms with Gasteiger partial charge in [0.1, 0.15) is 0 Å². The van der Waals surface area contributed by atoms with Crippen LogP contribution in [0.2, 0.25) is 10.0 Å². The third kappa shape index (κ3) is 5.35. The minimum absolute atomic E-state index is 0.0117. The van der Waals surface area contributed by atoms with Crippen LogP contribution in [0.1, 0.15) is 75.3 Å². The fourth-order valence-electron chi connectivity index (χ4n) is 6.53. The van der Waals surface area contributed by atoms with Gasteiger partial charge in [0.25, 0.3) is 0 Å². The molecule has 1 heterocycles. The number of amides is 2. The van der Waals surface area contributed by atoms with E-state index in [-0.39, 0.29) is 17.7 Å². The first-order valence-electron chi connectivity index (χ1n) is 13.3. The van der Waals surface area contributed by atoms with Gasteiger partial charge in [-0.25, -0.2) is 0 Å². The molecular weight excluding hydrogens is 491 g/mol. The van der Waals surface area contributed by atoms with Gasteiger partial charge < -0.3 is 10.6 Å². The second-order valence-corrected chi connectivity index (χ2v) is 11.6. The maximum Gasteiger partial charge on any atom is 0.235 e. The summed E-state index contributed by atoms with van der Waals surface area (Å²) in [5, 5.41) is 7.68. The van der Waals surface area contributed by atoms with Crippen molar-refractivity contribution in [2.24, 2.45) is 5.92 Å². The van der Waals surface area contributed by atoms with Crippen molar-refractivity contribution in [2.75, 3.05) is 5.32 Å². The van der Waals surface area contributed by atoms with Crippen LogP contribution < -0.4 is 10.6 Å². The topological polar surface area (TPSA) is 58.2 Å². The summed E-state index contributed by atoms with van der Waals surface area (Å²) >= 11 is 12.6. The zero-order valence-electron chi connectivity index (χ0n) is 20.6. The Morgan fingerprint density at radius 3 is 2.61 bits per heavy atom. The van der Waals surface area contributed by atoms with E-state index in [1.54, 1.807) is 0 Å². The van der Waals surface area contributed by atoms with Crippen molar-refractivity contribution in [3.63, 3.8) is 0 Å². The molecule has 0 saturated heterocycles. The van der Waals surface area contributed by atoms with E-state index < -0.39 is 5.41 Å². The molecule has 2 aliphatic carbocycles. The molecule has 6 heteroatoms. The molecule has 2 atom stereocenters. The molecule has 3 aliphatic rings. The Morgan fingerprint density at radius 2 is 1.81 bits per heavy atom. The molecular formula is C30H34Cl2N2O2. The molecule has 2 amide bonds. The first kappa shape index (κ1) is 25.4. The molecule has 1 fully saturated rings. The Balaban J connectivity index is 1.44. The summed E-state index contributed by atoms with van der Waals surface area (Å²) in [5.41, 5.74) is 3.22. The van der Waals surface area contributed by atoms with E-state index in [1.165, 1.54) is 19.3 Å². The molecule has 190 valence electrons. The number of nitrogens with one attached hydrogen (secondary N) is 2. The average Bonchev–Trinajstić information content (AvgIpc) is 2.97. The molecule has 1 aliphatic heterocycles. The maximum atomic E-state index is 13.9. The highest BCUT2D eigenvalue weighted by molar-refractivity contribution is 6.31. The highest BCUT2D eigenvalue weighted by atomic mass is 35.5. The summed E-state index contributed by atoms with van der Waals surface area (Å²) in [6.45, 7) is 0. The number of halogens is 2. The highest BCUT2D eigenvalue weighted by Gasteiger charge is 2.52. The number of hydrogen-bond donors (Lipinski definition) is 2. The Kier molecular flexibility index (Phi) is 7.73. The second-order valence-electron chi connectivity index (χ2n) is 10.7. The van der Waals surface area contributed by atoms with E-state index in [0.29, 0.717) is 28.9 Å². The van der Waals surface area contributed by atoms with Crippen LogP contribution in [-0.4, -0.2) is 17.9 Å². The fourth-order valence-corrected chi connectivity index (χ4v) is 6.91. The minimum atomic E-state index is -0.742. The lowest BCUT2D eigenvalue weighted by molar-refractivity contribution is -0.123. The zero-order valence-corrected chi connectivity index (χ0v) is 22.1. The molecule has 2 unspecified atom stereocenters. The van der Waals surface area contributed by atoms with Crippen molar-refractivity contribution in [1.29, 1.82) is 0 Å². The number of hydrogen-bond acceptors (Lipinski definition) is 2. The van der Waals surface area contributed by atoms with Crippen LogP contribution in [-0.2, 0) is 21.4 Å². The predicted molar refractivity (Wildman–Crippen MR) is 147 cm³/mol. The van der Waals surface area contributed by atoms with E-state index >= 15 is 0 Å². The van der Waals surface area contributed by atoms with Crippen molar-refractivity contribution in [1.82, 2.24) is 5.32 Å². The summed E-state index contributed by atoms with van der Waals surface area (Å²) in [6, 6.07) is 13.8. The second kappa shape index (κ2) is 11.0. The minimum Gasteiger partial charge on any atom is -0.353 e. The van der Waals surface area contributed by atoms with E-state index in [2.05, 4.69) is 16.7 Å². The van der Waals surface area contributed by atoms with Crippen LogP contribution >= 0.6 is 23.2 Å². The standard InChI is InChI=1S/C30H34Cl2N2O2/c31-23-10-6-8-21(16-23)19-30(26-14-13-24(32)18-27(26)34-29(30)36)22-9-5-4-7-20(15-22)17-28(35)33-25-11-2-1-3-12-25/h6-8,10,13-14,16,18,22,25H,1-5,9,11-12,15,17,19H2,(H,33,35)(H,34,36). The van der Waals surface area contributed by atoms with Gasteiger partial charge in [0.2, 0.25) is 11.8 Å². The number of carbonyl (C=O) groups excluding carboxylic acids is 2. The Hall–Kier alpha value is -2.30. The summed E-state index contributed by atoms with van der Waals surface area (Å²) in [7, 11) is 0.